The molecule has 14 heavy (non-hydrogen) atoms. The molecule has 0 aromatic rings. The van der Waals surface area contributed by atoms with Crippen LogP contribution in [0, 0.1) is 0 Å². The molecule has 1 N–H and O–H groups in total. The van der Waals surface area contributed by atoms with Gasteiger partial charge in [0.1, 0.15) is 0 Å². The Hall–Kier alpha value is -2.18. The van der Waals surface area contributed by atoms with E-state index in [1.165, 1.54) is 0 Å². The van der Waals surface area contributed by atoms with Crippen LogP contribution in [0.15, 0.2) is 12.2 Å². The standard InChI is InChI=1S/C7H6O7/c1-4(8)7(12)14-13-6(11)3-2-5(9)10/h2-3H,1H3,(H,9,10)/b3-2-. The second-order valence-corrected chi connectivity index (χ2v) is 2.00. The number of rotatable bonds is 3. The summed E-state index contributed by atoms with van der Waals surface area (Å²) in [5.74, 6) is -4.86. The van der Waals surface area contributed by atoms with Crippen LogP contribution in [0.3, 0.4) is 0 Å². The predicted molar refractivity (Wildman–Crippen MR) is 39.6 cm³/mol. The van der Waals surface area contributed by atoms with E-state index in [0.29, 0.717) is 12.2 Å². The molecule has 0 aliphatic rings. The summed E-state index contributed by atoms with van der Waals surface area (Å²) in [6.45, 7) is 0.920. The maximum Gasteiger partial charge on any atom is 0.421 e. The molecular weight excluding hydrogens is 196 g/mol. The van der Waals surface area contributed by atoms with Crippen LogP contribution in [0.2, 0.25) is 0 Å². The van der Waals surface area contributed by atoms with Gasteiger partial charge in [0.2, 0.25) is 5.78 Å². The van der Waals surface area contributed by atoms with Crippen LogP contribution >= 0.6 is 0 Å². The van der Waals surface area contributed by atoms with Crippen LogP contribution in [0.4, 0.5) is 0 Å². The molecule has 0 unspecified atom stereocenters. The average molecular weight is 202 g/mol. The molecule has 76 valence electrons. The van der Waals surface area contributed by atoms with Gasteiger partial charge in [0.05, 0.1) is 0 Å². The summed E-state index contributed by atoms with van der Waals surface area (Å²) >= 11 is 0. The van der Waals surface area contributed by atoms with E-state index in [4.69, 9.17) is 5.11 Å². The van der Waals surface area contributed by atoms with Gasteiger partial charge < -0.3 is 5.11 Å². The van der Waals surface area contributed by atoms with Gasteiger partial charge >= 0.3 is 17.9 Å². The number of aliphatic carboxylic acids is 1. The number of carbonyl (C=O) groups is 4. The first-order chi connectivity index (χ1) is 6.43. The predicted octanol–water partition coefficient (Wildman–Crippen LogP) is -0.782. The van der Waals surface area contributed by atoms with Gasteiger partial charge in [-0.3, -0.25) is 4.79 Å². The largest absolute Gasteiger partial charge is 0.478 e. The van der Waals surface area contributed by atoms with Crippen LogP contribution in [-0.4, -0.2) is 28.8 Å². The fraction of sp³-hybridized carbons (Fsp3) is 0.143. The highest BCUT2D eigenvalue weighted by molar-refractivity contribution is 6.32. The Bertz CT molecular complexity index is 301. The van der Waals surface area contributed by atoms with Crippen LogP contribution in [0.1, 0.15) is 6.92 Å². The Kier molecular flexibility index (Phi) is 4.61. The summed E-state index contributed by atoms with van der Waals surface area (Å²) < 4.78 is 0. The number of carbonyl (C=O) groups excluding carboxylic acids is 3. The summed E-state index contributed by atoms with van der Waals surface area (Å²) in [6, 6.07) is 0. The van der Waals surface area contributed by atoms with E-state index >= 15 is 0 Å². The Morgan fingerprint density at radius 2 is 1.64 bits per heavy atom. The van der Waals surface area contributed by atoms with Crippen molar-refractivity contribution in [2.45, 2.75) is 6.92 Å². The van der Waals surface area contributed by atoms with Gasteiger partial charge in [0.25, 0.3) is 0 Å². The van der Waals surface area contributed by atoms with Crippen molar-refractivity contribution >= 4 is 23.7 Å². The summed E-state index contributed by atoms with van der Waals surface area (Å²) in [5.41, 5.74) is 0. The monoisotopic (exact) mass is 202 g/mol. The summed E-state index contributed by atoms with van der Waals surface area (Å²) in [7, 11) is 0. The van der Waals surface area contributed by atoms with Crippen LogP contribution in [-0.2, 0) is 29.0 Å². The van der Waals surface area contributed by atoms with Crippen LogP contribution < -0.4 is 0 Å². The lowest BCUT2D eigenvalue weighted by Gasteiger charge is -1.96. The second kappa shape index (κ2) is 5.46. The Balaban J connectivity index is 3.92. The first-order valence-electron chi connectivity index (χ1n) is 3.28. The van der Waals surface area contributed by atoms with Gasteiger partial charge in [-0.25, -0.2) is 24.2 Å². The lowest BCUT2D eigenvalue weighted by Crippen LogP contribution is -2.16. The highest BCUT2D eigenvalue weighted by Crippen LogP contribution is 1.86. The van der Waals surface area contributed by atoms with Gasteiger partial charge in [-0.1, -0.05) is 0 Å². The van der Waals surface area contributed by atoms with Gasteiger partial charge in [0.15, 0.2) is 0 Å². The van der Waals surface area contributed by atoms with E-state index in [2.05, 4.69) is 9.78 Å². The average Bonchev–Trinajstić information content (AvgIpc) is 2.10. The summed E-state index contributed by atoms with van der Waals surface area (Å²) in [4.78, 5) is 48.5. The smallest absolute Gasteiger partial charge is 0.421 e. The van der Waals surface area contributed by atoms with E-state index in [1.807, 2.05) is 0 Å². The molecule has 0 radical (unpaired) electrons. The van der Waals surface area contributed by atoms with E-state index in [1.54, 1.807) is 0 Å². The fourth-order valence-corrected chi connectivity index (χ4v) is 0.305. The van der Waals surface area contributed by atoms with Gasteiger partial charge in [0, 0.05) is 19.1 Å². The molecule has 0 aromatic carbocycles. The molecule has 7 heteroatoms. The van der Waals surface area contributed by atoms with Crippen LogP contribution in [0.5, 0.6) is 0 Å². The molecule has 0 bridgehead atoms. The summed E-state index contributed by atoms with van der Waals surface area (Å²) in [6.07, 6.45) is 1.01. The Morgan fingerprint density at radius 1 is 1.07 bits per heavy atom. The number of carboxylic acid groups (broad SMARTS) is 1. The van der Waals surface area contributed by atoms with Crippen molar-refractivity contribution in [2.75, 3.05) is 0 Å². The van der Waals surface area contributed by atoms with Gasteiger partial charge in [-0.15, -0.1) is 0 Å². The highest BCUT2D eigenvalue weighted by Gasteiger charge is 2.12. The Labute approximate surface area is 77.8 Å². The molecular formula is C7H6O7. The van der Waals surface area contributed by atoms with E-state index in [0.717, 1.165) is 6.92 Å². The third kappa shape index (κ3) is 5.47. The Morgan fingerprint density at radius 3 is 2.07 bits per heavy atom. The normalized spacial score (nSPS) is 9.50. The molecule has 0 saturated carbocycles. The number of ketones is 1. The topological polar surface area (TPSA) is 107 Å². The molecule has 0 rings (SSSR count). The van der Waals surface area contributed by atoms with E-state index in [9.17, 15) is 19.2 Å². The first kappa shape index (κ1) is 11.8. The molecule has 0 spiro atoms. The zero-order chi connectivity index (χ0) is 11.1. The van der Waals surface area contributed by atoms with Crippen molar-refractivity contribution in [1.29, 1.82) is 0 Å². The summed E-state index contributed by atoms with van der Waals surface area (Å²) in [5, 5.41) is 8.07. The van der Waals surface area contributed by atoms with Crippen molar-refractivity contribution < 1.29 is 34.1 Å². The molecule has 0 aliphatic heterocycles. The maximum atomic E-state index is 10.5. The van der Waals surface area contributed by atoms with Crippen molar-refractivity contribution in [1.82, 2.24) is 0 Å². The molecule has 0 heterocycles. The molecule has 7 nitrogen and oxygen atoms in total. The highest BCUT2D eigenvalue weighted by atomic mass is 17.2. The molecule has 0 atom stereocenters. The van der Waals surface area contributed by atoms with Crippen molar-refractivity contribution in [3.8, 4) is 0 Å². The second-order valence-electron chi connectivity index (χ2n) is 2.00. The first-order valence-corrected chi connectivity index (χ1v) is 3.28. The SMILES string of the molecule is CC(=O)C(=O)OOC(=O)/C=C\C(=O)O. The zero-order valence-corrected chi connectivity index (χ0v) is 7.05. The van der Waals surface area contributed by atoms with E-state index < -0.39 is 23.7 Å². The molecule has 0 fully saturated rings. The van der Waals surface area contributed by atoms with Crippen LogP contribution in [0.25, 0.3) is 0 Å². The van der Waals surface area contributed by atoms with E-state index in [-0.39, 0.29) is 0 Å². The fourth-order valence-electron chi connectivity index (χ4n) is 0.305. The maximum absolute atomic E-state index is 10.5. The van der Waals surface area contributed by atoms with Crippen molar-refractivity contribution in [3.63, 3.8) is 0 Å². The number of Topliss-reactive ketones (excluding diaryl/α,β-unsaturated/α-hetero) is 1. The number of carboxylic acids is 1. The van der Waals surface area contributed by atoms with Crippen molar-refractivity contribution in [2.24, 2.45) is 0 Å². The lowest BCUT2D eigenvalue weighted by molar-refractivity contribution is -0.252. The molecule has 0 aromatic heterocycles. The molecule has 0 amide bonds. The third-order valence-electron chi connectivity index (χ3n) is 0.849. The number of hydrogen-bond acceptors (Lipinski definition) is 6. The minimum atomic E-state index is -1.36. The molecule has 0 saturated heterocycles. The quantitative estimate of drug-likeness (QED) is 0.276. The minimum absolute atomic E-state index is 0.490. The van der Waals surface area contributed by atoms with Gasteiger partial charge in [-0.05, 0) is 0 Å². The lowest BCUT2D eigenvalue weighted by atomic mass is 10.5. The molecule has 0 aliphatic carbocycles. The zero-order valence-electron chi connectivity index (χ0n) is 7.05. The van der Waals surface area contributed by atoms with Gasteiger partial charge in [-0.2, -0.15) is 0 Å². The minimum Gasteiger partial charge on any atom is -0.478 e. The third-order valence-corrected chi connectivity index (χ3v) is 0.849. The number of hydrogen-bond donors (Lipinski definition) is 1. The van der Waals surface area contributed by atoms with Crippen molar-refractivity contribution in [3.05, 3.63) is 12.2 Å².